The quantitative estimate of drug-likeness (QED) is 0.0247. The van der Waals surface area contributed by atoms with Crippen LogP contribution < -0.4 is 30.6 Å². The third-order valence-electron chi connectivity index (χ3n) is 13.3. The molecule has 4 N–H and O–H groups in total. The van der Waals surface area contributed by atoms with Gasteiger partial charge in [0, 0.05) is 104 Å². The van der Waals surface area contributed by atoms with Gasteiger partial charge in [-0.15, -0.1) is 0 Å². The standard InChI is InChI=1S/2C21H22FIN4O2.C12H10INO2.C11H18FN3O.CH4/c2*1-2-27(12-13-29-19-4-3-9-24-20(19)22)11-10-25-21(28)18-7-5-15-14-16(23)6-8-17(15)26-18;1-2-16-12(15)11-5-3-8-7-9(13)4-6-10(8)14-11;1-2-15(7-5-13)8-9-16-10-4-3-6-14-11(10)12;/h2*3-9,14H,2,10-13H2,1H3,(H,25,28);3-7H,2H2,1H3;3-4,6H,2,5,7-9,13H2,1H3;1H4. The van der Waals surface area contributed by atoms with Crippen molar-refractivity contribution in [3.8, 4) is 17.2 Å². The van der Waals surface area contributed by atoms with Crippen molar-refractivity contribution < 1.29 is 46.5 Å². The van der Waals surface area contributed by atoms with Crippen LogP contribution in [0.25, 0.3) is 32.7 Å². The van der Waals surface area contributed by atoms with E-state index in [9.17, 15) is 27.6 Å². The Morgan fingerprint density at radius 1 is 0.473 bits per heavy atom. The Labute approximate surface area is 570 Å². The lowest BCUT2D eigenvalue weighted by atomic mass is 10.2. The van der Waals surface area contributed by atoms with Crippen LogP contribution in [0.2, 0.25) is 0 Å². The highest BCUT2D eigenvalue weighted by molar-refractivity contribution is 14.1. The highest BCUT2D eigenvalue weighted by Gasteiger charge is 2.14. The lowest BCUT2D eigenvalue weighted by Crippen LogP contribution is -2.37. The molecule has 6 heterocycles. The zero-order valence-electron chi connectivity index (χ0n) is 50.4. The molecular weight excluding hydrogens is 1510 g/mol. The number of amides is 2. The SMILES string of the molecule is C.CCN(CCN)CCOc1cccnc1F.CCN(CCNC(=O)c1ccc2cc(I)ccc2n1)CCOc1cccnc1F.CCN(CCNC(=O)c1ccc2cc(I)ccc2n1)CCOc1cccnc1F.CCOC(=O)c1ccc2cc(I)ccc2n1. The normalized spacial score (nSPS) is 10.7. The summed E-state index contributed by atoms with van der Waals surface area (Å²) in [6.07, 6.45) is 4.16. The first-order valence-corrected chi connectivity index (χ1v) is 32.3. The molecule has 2 amide bonds. The summed E-state index contributed by atoms with van der Waals surface area (Å²) < 4.78 is 64.5. The van der Waals surface area contributed by atoms with Crippen LogP contribution in [0.15, 0.2) is 146 Å². The van der Waals surface area contributed by atoms with E-state index < -0.39 is 17.8 Å². The molecule has 25 heteroatoms. The number of pyridine rings is 6. The van der Waals surface area contributed by atoms with E-state index in [1.807, 2.05) is 86.6 Å². The number of hydrogen-bond donors (Lipinski definition) is 3. The molecule has 0 fully saturated rings. The number of benzene rings is 3. The largest absolute Gasteiger partial charge is 0.487 e. The van der Waals surface area contributed by atoms with Crippen LogP contribution in [0.5, 0.6) is 17.2 Å². The number of fused-ring (bicyclic) bond motifs is 3. The van der Waals surface area contributed by atoms with Crippen LogP contribution in [0.3, 0.4) is 0 Å². The third-order valence-corrected chi connectivity index (χ3v) is 15.3. The van der Waals surface area contributed by atoms with E-state index in [0.717, 1.165) is 76.1 Å². The van der Waals surface area contributed by atoms with E-state index in [1.165, 1.54) is 18.6 Å². The zero-order chi connectivity index (χ0) is 64.6. The first-order valence-electron chi connectivity index (χ1n) is 29.1. The molecule has 0 atom stereocenters. The topological polar surface area (TPSA) is 225 Å². The summed E-state index contributed by atoms with van der Waals surface area (Å²) >= 11 is 6.74. The van der Waals surface area contributed by atoms with Gasteiger partial charge < -0.3 is 35.3 Å². The van der Waals surface area contributed by atoms with Gasteiger partial charge in [-0.05, 0) is 204 Å². The second-order valence-corrected chi connectivity index (χ2v) is 23.1. The maximum atomic E-state index is 13.5. The van der Waals surface area contributed by atoms with E-state index in [-0.39, 0.29) is 42.5 Å². The first kappa shape index (κ1) is 74.7. The molecule has 0 saturated heterocycles. The Morgan fingerprint density at radius 2 is 0.813 bits per heavy atom. The molecule has 19 nitrogen and oxygen atoms in total. The number of nitrogens with two attached hydrogens (primary N) is 1. The summed E-state index contributed by atoms with van der Waals surface area (Å²) in [5.41, 5.74) is 9.03. The van der Waals surface area contributed by atoms with Crippen LogP contribution in [0.4, 0.5) is 13.2 Å². The van der Waals surface area contributed by atoms with Crippen molar-refractivity contribution in [3.63, 3.8) is 0 Å². The predicted octanol–water partition coefficient (Wildman–Crippen LogP) is 11.5. The molecule has 0 radical (unpaired) electrons. The van der Waals surface area contributed by atoms with Crippen molar-refractivity contribution in [1.29, 1.82) is 0 Å². The van der Waals surface area contributed by atoms with Crippen molar-refractivity contribution >= 4 is 118 Å². The summed E-state index contributed by atoms with van der Waals surface area (Å²) in [4.78, 5) is 66.4. The average molecular weight is 1590 g/mol. The minimum Gasteiger partial charge on any atom is -0.487 e. The third kappa shape index (κ3) is 25.5. The monoisotopic (exact) mass is 1590 g/mol. The minimum absolute atomic E-state index is 0. The summed E-state index contributed by atoms with van der Waals surface area (Å²) in [5.74, 6) is -2.06. The molecule has 9 rings (SSSR count). The van der Waals surface area contributed by atoms with Gasteiger partial charge in [-0.1, -0.05) is 46.4 Å². The van der Waals surface area contributed by atoms with Crippen molar-refractivity contribution in [1.82, 2.24) is 55.2 Å². The number of halogens is 6. The molecule has 0 aliphatic carbocycles. The number of likely N-dealkylation sites (N-methyl/N-ethyl adjacent to an activating group) is 3. The number of ether oxygens (including phenoxy) is 4. The van der Waals surface area contributed by atoms with E-state index in [0.29, 0.717) is 89.3 Å². The molecular formula is C66H76F3I3N12O7. The van der Waals surface area contributed by atoms with E-state index >= 15 is 0 Å². The Hall–Kier alpha value is -7.03. The molecule has 0 unspecified atom stereocenters. The van der Waals surface area contributed by atoms with Crippen molar-refractivity contribution in [3.05, 3.63) is 192 Å². The average Bonchev–Trinajstić information content (AvgIpc) is 1.48. The highest BCUT2D eigenvalue weighted by atomic mass is 127. The van der Waals surface area contributed by atoms with E-state index in [4.69, 9.17) is 24.7 Å². The van der Waals surface area contributed by atoms with Crippen LogP contribution in [-0.2, 0) is 4.74 Å². The lowest BCUT2D eigenvalue weighted by Gasteiger charge is -2.20. The maximum absolute atomic E-state index is 13.5. The number of esters is 1. The van der Waals surface area contributed by atoms with Gasteiger partial charge in [0.25, 0.3) is 29.7 Å². The number of nitrogens with zero attached hydrogens (tertiary/aromatic N) is 9. The van der Waals surface area contributed by atoms with Crippen LogP contribution in [-0.4, -0.2) is 167 Å². The summed E-state index contributed by atoms with van der Waals surface area (Å²) in [6.45, 7) is 17.6. The number of carbonyl (C=O) groups excluding carboxylic acids is 3. The summed E-state index contributed by atoms with van der Waals surface area (Å²) in [7, 11) is 0. The fourth-order valence-electron chi connectivity index (χ4n) is 8.45. The second kappa shape index (κ2) is 40.7. The zero-order valence-corrected chi connectivity index (χ0v) is 56.9. The minimum atomic E-state index is -0.611. The fourth-order valence-corrected chi connectivity index (χ4v) is 10.0. The Morgan fingerprint density at radius 3 is 1.14 bits per heavy atom. The van der Waals surface area contributed by atoms with Crippen molar-refractivity contribution in [2.24, 2.45) is 5.73 Å². The summed E-state index contributed by atoms with van der Waals surface area (Å²) in [5, 5.41) is 8.85. The molecule has 91 heavy (non-hydrogen) atoms. The van der Waals surface area contributed by atoms with Crippen molar-refractivity contribution in [2.75, 3.05) is 105 Å². The number of aromatic nitrogens is 6. The fraction of sp³-hybridized carbons (Fsp3) is 0.318. The lowest BCUT2D eigenvalue weighted by molar-refractivity contribution is 0.0519. The molecule has 9 aromatic rings. The Balaban J connectivity index is 0.000000228. The first-order chi connectivity index (χ1) is 43.6. The summed E-state index contributed by atoms with van der Waals surface area (Å²) in [6, 6.07) is 38.2. The molecule has 6 aromatic heterocycles. The smallest absolute Gasteiger partial charge is 0.356 e. The number of rotatable bonds is 27. The molecule has 0 saturated carbocycles. The molecule has 0 aliphatic heterocycles. The predicted molar refractivity (Wildman–Crippen MR) is 375 cm³/mol. The van der Waals surface area contributed by atoms with Crippen LogP contribution >= 0.6 is 67.8 Å². The van der Waals surface area contributed by atoms with Gasteiger partial charge in [-0.3, -0.25) is 24.3 Å². The van der Waals surface area contributed by atoms with Gasteiger partial charge in [0.2, 0.25) is 0 Å². The molecule has 0 bridgehead atoms. The van der Waals surface area contributed by atoms with Gasteiger partial charge in [0.1, 0.15) is 36.9 Å². The number of nitrogens with one attached hydrogen (secondary N) is 2. The molecule has 3 aromatic carbocycles. The van der Waals surface area contributed by atoms with E-state index in [1.54, 1.807) is 61.5 Å². The Kier molecular flexibility index (Phi) is 33.4. The number of hydrogen-bond acceptors (Lipinski definition) is 17. The van der Waals surface area contributed by atoms with E-state index in [2.05, 4.69) is 130 Å². The second-order valence-electron chi connectivity index (χ2n) is 19.3. The van der Waals surface area contributed by atoms with Gasteiger partial charge in [-0.2, -0.15) is 13.2 Å². The van der Waals surface area contributed by atoms with Gasteiger partial charge in [0.05, 0.1) is 23.2 Å². The van der Waals surface area contributed by atoms with Crippen LogP contribution in [0.1, 0.15) is 66.6 Å². The van der Waals surface area contributed by atoms with Gasteiger partial charge >= 0.3 is 5.97 Å². The molecule has 0 aliphatic rings. The van der Waals surface area contributed by atoms with Crippen LogP contribution in [0, 0.1) is 28.6 Å². The molecule has 484 valence electrons. The number of carbonyl (C=O) groups is 3. The Bertz CT molecular complexity index is 3580. The van der Waals surface area contributed by atoms with Gasteiger partial charge in [-0.25, -0.2) is 34.7 Å². The van der Waals surface area contributed by atoms with Gasteiger partial charge in [0.15, 0.2) is 17.2 Å². The van der Waals surface area contributed by atoms with Crippen molar-refractivity contribution in [2.45, 2.75) is 35.1 Å². The highest BCUT2D eigenvalue weighted by Crippen LogP contribution is 2.20. The maximum Gasteiger partial charge on any atom is 0.356 e. The molecule has 0 spiro atoms.